The predicted octanol–water partition coefficient (Wildman–Crippen LogP) is 20.8. The summed E-state index contributed by atoms with van der Waals surface area (Å²) in [5.41, 5.74) is 22.6. The Labute approximate surface area is 732 Å². The highest BCUT2D eigenvalue weighted by Gasteiger charge is 2.15. The van der Waals surface area contributed by atoms with Gasteiger partial charge in [0.05, 0.1) is 51.0 Å². The van der Waals surface area contributed by atoms with Crippen LogP contribution in [0.2, 0.25) is 0 Å². The molecule has 4 N–H and O–H groups in total. The summed E-state index contributed by atoms with van der Waals surface area (Å²) < 4.78 is 26.3. The molecular weight excluding hydrogens is 1580 g/mol. The number of ether oxygens (including phenoxy) is 4. The molecule has 1 atom stereocenters. The van der Waals surface area contributed by atoms with Crippen LogP contribution in [0, 0.1) is 0 Å². The molecule has 0 aliphatic carbocycles. The predicted molar refractivity (Wildman–Crippen MR) is 494 cm³/mol. The van der Waals surface area contributed by atoms with Gasteiger partial charge >= 0.3 is 0 Å². The van der Waals surface area contributed by atoms with Crippen molar-refractivity contribution in [1.82, 2.24) is 96.3 Å². The van der Waals surface area contributed by atoms with Crippen LogP contribution in [0.3, 0.4) is 0 Å². The molecule has 23 nitrogen and oxygen atoms in total. The number of pyridine rings is 4. The van der Waals surface area contributed by atoms with Gasteiger partial charge in [-0.2, -0.15) is 30.9 Å². The van der Waals surface area contributed by atoms with Crippen LogP contribution in [0.15, 0.2) is 358 Å². The van der Waals surface area contributed by atoms with E-state index in [1.165, 1.54) is 45.3 Å². The number of H-pyrrole nitrogens is 4. The third-order valence-electron chi connectivity index (χ3n) is 21.7. The van der Waals surface area contributed by atoms with Gasteiger partial charge in [-0.25, -0.2) is 24.9 Å². The highest BCUT2D eigenvalue weighted by atomic mass is 16.5. The highest BCUT2D eigenvalue weighted by molar-refractivity contribution is 5.83. The van der Waals surface area contributed by atoms with Gasteiger partial charge in [0.2, 0.25) is 5.82 Å². The molecule has 622 valence electrons. The average molecular weight is 1670 g/mol. The van der Waals surface area contributed by atoms with Crippen LogP contribution in [0.1, 0.15) is 85.9 Å². The third-order valence-corrected chi connectivity index (χ3v) is 21.7. The second kappa shape index (κ2) is 40.0. The third kappa shape index (κ3) is 21.9. The van der Waals surface area contributed by atoms with E-state index in [1.54, 1.807) is 6.20 Å². The molecule has 21 aromatic rings. The number of aromatic amines is 4. The number of hydrogen-bond acceptors (Lipinski definition) is 18. The van der Waals surface area contributed by atoms with E-state index in [4.69, 9.17) is 23.9 Å². The van der Waals surface area contributed by atoms with Gasteiger partial charge < -0.3 is 23.5 Å². The van der Waals surface area contributed by atoms with Gasteiger partial charge in [-0.15, -0.1) is 20.4 Å². The quantitative estimate of drug-likeness (QED) is 0.0372. The van der Waals surface area contributed by atoms with Crippen LogP contribution < -0.4 is 18.9 Å². The van der Waals surface area contributed by atoms with Crippen molar-refractivity contribution in [3.8, 4) is 57.0 Å². The molecule has 9 heterocycles. The minimum absolute atomic E-state index is 0.360. The maximum atomic E-state index is 6.06. The van der Waals surface area contributed by atoms with Crippen molar-refractivity contribution >= 4 is 54.5 Å². The largest absolute Gasteiger partial charge is 0.487 e. The number of nitrogens with one attached hydrogen (secondary N) is 4. The zero-order valence-electron chi connectivity index (χ0n) is 69.6. The lowest BCUT2D eigenvalue weighted by atomic mass is 9.92. The minimum atomic E-state index is 0.360. The molecule has 9 aromatic heterocycles. The van der Waals surface area contributed by atoms with Gasteiger partial charge in [0.25, 0.3) is 0 Å². The molecule has 1 unspecified atom stereocenters. The first-order valence-corrected chi connectivity index (χ1v) is 42.0. The molecule has 21 rings (SSSR count). The Hall–Kier alpha value is -16.6. The SMILES string of the molecule is CC(Cc1cccc(OCc2ccc3ccccc3n2)c1)c1cccc(-c2cn[nH]n2)c1.c1cc(CCc2cccc(OCc3ccc4ccccc4n3)c2)cc(Cc2nn[nH]n2)c1.c1cc(Cn2ccc3cc(OCc4ccc5ccccc5n4)ccc32)cc(-c2nn[nH]n2)c1.c1ccc2nc(COc3ccc(Cc4ccc(-c5ncn[nH]5)cc4)cc3)ccc2c1. The van der Waals surface area contributed by atoms with Crippen molar-refractivity contribution in [2.75, 3.05) is 0 Å². The fraction of sp³-hybridized carbons (Fsp3) is 0.115. The van der Waals surface area contributed by atoms with Gasteiger partial charge in [0, 0.05) is 68.3 Å². The molecule has 0 spiro atoms. The van der Waals surface area contributed by atoms with Crippen molar-refractivity contribution in [2.45, 2.75) is 77.9 Å². The number of benzene rings is 12. The summed E-state index contributed by atoms with van der Waals surface area (Å²) in [4.78, 5) is 22.9. The molecular formula is C104H87N19O4. The van der Waals surface area contributed by atoms with E-state index in [2.05, 4.69) is 299 Å². The standard InChI is InChI=1S/C27H24N4O.C26H20N6O.C26H23N5O.C25H20N4O/c1-19(22-8-5-9-23(16-22)27-17-28-31-30-27)14-20-6-4-10-25(15-20)32-18-24-13-12-21-7-2-3-11-26(21)29-24;1-2-7-24-19(5-1)8-9-22(27-24)17-33-23-10-11-25-20(15-23)12-13-32(25)16-18-4-3-6-21(14-18)26-28-30-31-29-26;1-2-10-25-22(8-1)13-14-23(27-25)18-32-24-9-4-6-20(16-24)12-11-19-5-3-7-21(15-19)17-26-28-30-31-29-26;1-2-4-24-20(3-1)11-12-22(28-24)16-30-23-13-7-19(8-14-23)15-18-5-9-21(10-6-18)25-26-17-27-29-25/h2-13,15-17,19H,14,18H2,1H3,(H,28,30,31);1-15H,16-17H2,(H,28,29,30,31);1-10,13-16H,11-12,17-18H2,(H,28,29,30,31);1-14,17H,15-16H2,(H,26,27,29). The lowest BCUT2D eigenvalue weighted by Gasteiger charge is -2.14. The second-order valence-corrected chi connectivity index (χ2v) is 30.8. The Kier molecular flexibility index (Phi) is 25.6. The van der Waals surface area contributed by atoms with Crippen LogP contribution in [0.5, 0.6) is 23.0 Å². The summed E-state index contributed by atoms with van der Waals surface area (Å²) in [5.74, 6) is 5.83. The number of nitrogens with zero attached hydrogens (tertiary/aromatic N) is 15. The van der Waals surface area contributed by atoms with E-state index in [9.17, 15) is 0 Å². The van der Waals surface area contributed by atoms with Crippen molar-refractivity contribution < 1.29 is 18.9 Å². The fourth-order valence-corrected chi connectivity index (χ4v) is 15.1. The first-order chi connectivity index (χ1) is 62.7. The van der Waals surface area contributed by atoms with E-state index < -0.39 is 0 Å². The van der Waals surface area contributed by atoms with Crippen LogP contribution >= 0.6 is 0 Å². The number of para-hydroxylation sites is 4. The Morgan fingerprint density at radius 3 is 1.43 bits per heavy atom. The Bertz CT molecular complexity index is 7160. The first-order valence-electron chi connectivity index (χ1n) is 42.0. The first kappa shape index (κ1) is 81.4. The zero-order valence-corrected chi connectivity index (χ0v) is 69.6. The molecule has 127 heavy (non-hydrogen) atoms. The van der Waals surface area contributed by atoms with E-state index in [0.29, 0.717) is 50.4 Å². The van der Waals surface area contributed by atoms with Crippen LogP contribution in [0.25, 0.3) is 88.5 Å². The monoisotopic (exact) mass is 1670 g/mol. The van der Waals surface area contributed by atoms with E-state index in [1.807, 2.05) is 146 Å². The fourth-order valence-electron chi connectivity index (χ4n) is 15.1. The van der Waals surface area contributed by atoms with Crippen molar-refractivity contribution in [1.29, 1.82) is 0 Å². The Morgan fingerprint density at radius 1 is 0.346 bits per heavy atom. The van der Waals surface area contributed by atoms with Crippen LogP contribution in [0.4, 0.5) is 0 Å². The molecule has 0 saturated carbocycles. The van der Waals surface area contributed by atoms with E-state index >= 15 is 0 Å². The number of hydrogen-bond donors (Lipinski definition) is 4. The minimum Gasteiger partial charge on any atom is -0.487 e. The molecule has 0 saturated heterocycles. The number of fused-ring (bicyclic) bond motifs is 5. The molecule has 0 radical (unpaired) electrons. The Morgan fingerprint density at radius 2 is 0.858 bits per heavy atom. The topological polar surface area (TPSA) is 285 Å². The van der Waals surface area contributed by atoms with Gasteiger partial charge in [-0.05, 0) is 203 Å². The van der Waals surface area contributed by atoms with Crippen LogP contribution in [-0.2, 0) is 65.1 Å². The molecule has 23 heteroatoms. The molecule has 0 aliphatic heterocycles. The maximum Gasteiger partial charge on any atom is 0.204 e. The summed E-state index contributed by atoms with van der Waals surface area (Å²) in [5, 5.41) is 51.7. The van der Waals surface area contributed by atoms with Gasteiger partial charge in [0.15, 0.2) is 11.6 Å². The maximum absolute atomic E-state index is 6.06. The highest BCUT2D eigenvalue weighted by Crippen LogP contribution is 2.31. The summed E-state index contributed by atoms with van der Waals surface area (Å²) in [7, 11) is 0. The van der Waals surface area contributed by atoms with Crippen molar-refractivity contribution in [3.63, 3.8) is 0 Å². The van der Waals surface area contributed by atoms with E-state index in [-0.39, 0.29) is 0 Å². The van der Waals surface area contributed by atoms with Crippen LogP contribution in [-0.4, -0.2) is 96.3 Å². The normalized spacial score (nSPS) is 11.3. The summed E-state index contributed by atoms with van der Waals surface area (Å²) in [6.45, 7) is 4.77. The second-order valence-electron chi connectivity index (χ2n) is 30.8. The molecule has 0 aliphatic rings. The summed E-state index contributed by atoms with van der Waals surface area (Å²) in [6.07, 6.45) is 9.72. The summed E-state index contributed by atoms with van der Waals surface area (Å²) >= 11 is 0. The molecule has 12 aromatic carbocycles. The lowest BCUT2D eigenvalue weighted by molar-refractivity contribution is 0.301. The van der Waals surface area contributed by atoms with Gasteiger partial charge in [-0.1, -0.05) is 231 Å². The van der Waals surface area contributed by atoms with E-state index in [0.717, 1.165) is 166 Å². The lowest BCUT2D eigenvalue weighted by Crippen LogP contribution is -2.01. The zero-order chi connectivity index (χ0) is 85.6. The number of aryl methyl sites for hydroxylation is 2. The number of aromatic nitrogens is 19. The molecule has 0 fully saturated rings. The van der Waals surface area contributed by atoms with Gasteiger partial charge in [-0.3, -0.25) is 5.10 Å². The number of tetrazole rings is 2. The smallest absolute Gasteiger partial charge is 0.204 e. The molecule has 0 amide bonds. The number of rotatable bonds is 27. The average Bonchev–Trinajstić information content (AvgIpc) is 1.65. The van der Waals surface area contributed by atoms with Gasteiger partial charge in [0.1, 0.15) is 61.4 Å². The summed E-state index contributed by atoms with van der Waals surface area (Å²) in [6, 6.07) is 116. The Balaban J connectivity index is 0.000000115. The van der Waals surface area contributed by atoms with Crippen molar-refractivity contribution in [3.05, 3.63) is 432 Å². The van der Waals surface area contributed by atoms with Crippen molar-refractivity contribution in [2.24, 2.45) is 0 Å². The molecule has 0 bridgehead atoms.